The van der Waals surface area contributed by atoms with Crippen molar-refractivity contribution in [3.05, 3.63) is 0 Å². The largest absolute Gasteiger partial charge is 0.298 e. The molecule has 1 rings (SSSR count). The van der Waals surface area contributed by atoms with E-state index in [-0.39, 0.29) is 5.91 Å². The molecule has 1 aromatic rings. The van der Waals surface area contributed by atoms with Crippen LogP contribution in [0, 0.1) is 16.7 Å². The maximum Gasteiger partial charge on any atom is 0.246 e. The van der Waals surface area contributed by atoms with Crippen LogP contribution in [0.1, 0.15) is 20.3 Å². The van der Waals surface area contributed by atoms with Crippen molar-refractivity contribution in [1.82, 2.24) is 14.8 Å². The minimum Gasteiger partial charge on any atom is -0.298 e. The molecule has 7 heteroatoms. The maximum absolute atomic E-state index is 11.6. The quantitative estimate of drug-likeness (QED) is 0.798. The summed E-state index contributed by atoms with van der Waals surface area (Å²) in [6.45, 7) is 3.36. The van der Waals surface area contributed by atoms with Crippen LogP contribution in [0.4, 0.5) is 5.13 Å². The summed E-state index contributed by atoms with van der Waals surface area (Å²) in [7, 11) is 0. The highest BCUT2D eigenvalue weighted by atomic mass is 32.1. The van der Waals surface area contributed by atoms with E-state index in [1.807, 2.05) is 6.07 Å². The Bertz CT molecular complexity index is 357. The molecule has 1 amide bonds. The molecule has 0 aliphatic heterocycles. The van der Waals surface area contributed by atoms with Crippen LogP contribution in [0.3, 0.4) is 0 Å². The Morgan fingerprint density at radius 1 is 1.79 bits per heavy atom. The van der Waals surface area contributed by atoms with Crippen molar-refractivity contribution >= 4 is 22.6 Å². The second-order valence-electron chi connectivity index (χ2n) is 2.92. The molecule has 1 aromatic heterocycles. The average molecular weight is 211 g/mol. The van der Waals surface area contributed by atoms with Crippen molar-refractivity contribution in [2.45, 2.75) is 20.3 Å². The molecule has 0 bridgehead atoms. The number of hydrogen-bond acceptors (Lipinski definition) is 6. The van der Waals surface area contributed by atoms with E-state index in [2.05, 4.69) is 20.1 Å². The van der Waals surface area contributed by atoms with E-state index in [0.29, 0.717) is 11.6 Å². The summed E-state index contributed by atoms with van der Waals surface area (Å²) in [6, 6.07) is 1.96. The summed E-state index contributed by atoms with van der Waals surface area (Å²) in [5.74, 6) is -0.374. The van der Waals surface area contributed by atoms with Gasteiger partial charge in [0, 0.05) is 11.5 Å². The predicted molar refractivity (Wildman–Crippen MR) is 50.3 cm³/mol. The fraction of sp³-hybridized carbons (Fsp3) is 0.571. The molecule has 0 aliphatic carbocycles. The fourth-order valence-corrected chi connectivity index (χ4v) is 1.07. The van der Waals surface area contributed by atoms with E-state index in [0.717, 1.165) is 11.5 Å². The fourth-order valence-electron chi connectivity index (χ4n) is 0.707. The van der Waals surface area contributed by atoms with Gasteiger partial charge in [0.15, 0.2) is 0 Å². The van der Waals surface area contributed by atoms with E-state index < -0.39 is 5.41 Å². The van der Waals surface area contributed by atoms with E-state index in [4.69, 9.17) is 5.26 Å². The first-order valence-electron chi connectivity index (χ1n) is 4.00. The maximum atomic E-state index is 11.6. The molecule has 0 aliphatic rings. The van der Waals surface area contributed by atoms with Gasteiger partial charge in [0.2, 0.25) is 11.0 Å². The molecule has 1 unspecified atom stereocenters. The van der Waals surface area contributed by atoms with Crippen LogP contribution in [0.2, 0.25) is 0 Å². The lowest BCUT2D eigenvalue weighted by Gasteiger charge is -2.16. The first-order valence-corrected chi connectivity index (χ1v) is 4.77. The summed E-state index contributed by atoms with van der Waals surface area (Å²) in [6.07, 6.45) is 0.446. The number of amides is 1. The van der Waals surface area contributed by atoms with Gasteiger partial charge in [-0.15, -0.1) is 0 Å². The SMILES string of the molecule is CCC(C)(C#N)C(=O)Nc1nnns1. The molecule has 6 nitrogen and oxygen atoms in total. The van der Waals surface area contributed by atoms with Crippen molar-refractivity contribution in [2.75, 3.05) is 5.32 Å². The zero-order valence-electron chi connectivity index (χ0n) is 7.81. The minimum absolute atomic E-state index is 0.310. The molecule has 1 atom stereocenters. The zero-order chi connectivity index (χ0) is 10.6. The van der Waals surface area contributed by atoms with Crippen LogP contribution in [-0.2, 0) is 4.79 Å². The number of nitrogens with one attached hydrogen (secondary N) is 1. The average Bonchev–Trinajstić information content (AvgIpc) is 2.69. The summed E-state index contributed by atoms with van der Waals surface area (Å²) >= 11 is 0.975. The molecule has 1 N–H and O–H groups in total. The van der Waals surface area contributed by atoms with Crippen molar-refractivity contribution in [1.29, 1.82) is 5.26 Å². The lowest BCUT2D eigenvalue weighted by Crippen LogP contribution is -2.31. The van der Waals surface area contributed by atoms with Gasteiger partial charge < -0.3 is 0 Å². The molecule has 0 aromatic carbocycles. The molecule has 0 radical (unpaired) electrons. The smallest absolute Gasteiger partial charge is 0.246 e. The lowest BCUT2D eigenvalue weighted by atomic mass is 9.88. The highest BCUT2D eigenvalue weighted by Gasteiger charge is 2.31. The third-order valence-corrected chi connectivity index (χ3v) is 2.49. The molecule has 0 saturated heterocycles. The molecule has 14 heavy (non-hydrogen) atoms. The number of carbonyl (C=O) groups is 1. The van der Waals surface area contributed by atoms with Crippen LogP contribution in [0.5, 0.6) is 0 Å². The second-order valence-corrected chi connectivity index (χ2v) is 3.65. The molecular formula is C7H9N5OS. The molecular weight excluding hydrogens is 202 g/mol. The molecule has 0 saturated carbocycles. The van der Waals surface area contributed by atoms with E-state index in [9.17, 15) is 4.79 Å². The molecule has 0 fully saturated rings. The van der Waals surface area contributed by atoms with Gasteiger partial charge in [-0.1, -0.05) is 16.5 Å². The number of anilines is 1. The normalized spacial score (nSPS) is 14.1. The number of nitrogens with zero attached hydrogens (tertiary/aromatic N) is 4. The number of carbonyl (C=O) groups excluding carboxylic acids is 1. The van der Waals surface area contributed by atoms with Gasteiger partial charge in [0.25, 0.3) is 0 Å². The zero-order valence-corrected chi connectivity index (χ0v) is 8.63. The van der Waals surface area contributed by atoms with Crippen molar-refractivity contribution in [3.63, 3.8) is 0 Å². The first-order chi connectivity index (χ1) is 6.62. The third kappa shape index (κ3) is 2.03. The highest BCUT2D eigenvalue weighted by Crippen LogP contribution is 2.22. The second kappa shape index (κ2) is 4.11. The van der Waals surface area contributed by atoms with Crippen molar-refractivity contribution in [3.8, 4) is 6.07 Å². The number of hydrogen-bond donors (Lipinski definition) is 1. The van der Waals surface area contributed by atoms with Crippen LogP contribution in [-0.4, -0.2) is 20.7 Å². The summed E-state index contributed by atoms with van der Waals surface area (Å²) in [4.78, 5) is 11.6. The monoisotopic (exact) mass is 211 g/mol. The van der Waals surface area contributed by atoms with Gasteiger partial charge in [-0.2, -0.15) is 5.26 Å². The van der Waals surface area contributed by atoms with E-state index >= 15 is 0 Å². The van der Waals surface area contributed by atoms with Crippen LogP contribution in [0.15, 0.2) is 0 Å². The van der Waals surface area contributed by atoms with Crippen LogP contribution in [0.25, 0.3) is 0 Å². The summed E-state index contributed by atoms with van der Waals surface area (Å²) < 4.78 is 3.49. The van der Waals surface area contributed by atoms with Crippen LogP contribution >= 0.6 is 11.5 Å². The summed E-state index contributed by atoms with van der Waals surface area (Å²) in [5.41, 5.74) is -1.02. The number of rotatable bonds is 3. The molecule has 0 spiro atoms. The first kappa shape index (κ1) is 10.5. The van der Waals surface area contributed by atoms with Crippen LogP contribution < -0.4 is 5.32 Å². The summed E-state index contributed by atoms with van der Waals surface area (Å²) in [5, 5.41) is 18.5. The molecule has 74 valence electrons. The van der Waals surface area contributed by atoms with Crippen molar-refractivity contribution < 1.29 is 4.79 Å². The Hall–Kier alpha value is -1.55. The van der Waals surface area contributed by atoms with Gasteiger partial charge in [-0.25, -0.2) is 0 Å². The Morgan fingerprint density at radius 2 is 2.50 bits per heavy atom. The van der Waals surface area contributed by atoms with E-state index in [1.54, 1.807) is 13.8 Å². The van der Waals surface area contributed by atoms with Gasteiger partial charge in [-0.05, 0) is 18.6 Å². The Kier molecular flexibility index (Phi) is 3.09. The van der Waals surface area contributed by atoms with Gasteiger partial charge in [-0.3, -0.25) is 10.1 Å². The van der Waals surface area contributed by atoms with Gasteiger partial charge in [0.05, 0.1) is 6.07 Å². The number of aromatic nitrogens is 3. The van der Waals surface area contributed by atoms with Gasteiger partial charge >= 0.3 is 0 Å². The molecule has 1 heterocycles. The minimum atomic E-state index is -1.02. The van der Waals surface area contributed by atoms with E-state index in [1.165, 1.54) is 0 Å². The topological polar surface area (TPSA) is 91.6 Å². The Morgan fingerprint density at radius 3 is 2.93 bits per heavy atom. The Labute approximate surface area is 85.1 Å². The van der Waals surface area contributed by atoms with Gasteiger partial charge in [0.1, 0.15) is 5.41 Å². The highest BCUT2D eigenvalue weighted by molar-refractivity contribution is 7.09. The lowest BCUT2D eigenvalue weighted by molar-refractivity contribution is -0.122. The Balaban J connectivity index is 2.72. The third-order valence-electron chi connectivity index (χ3n) is 1.97. The van der Waals surface area contributed by atoms with Crippen molar-refractivity contribution in [2.24, 2.45) is 5.41 Å². The predicted octanol–water partition coefficient (Wildman–Crippen LogP) is 0.811. The standard InChI is InChI=1S/C7H9N5OS/c1-3-7(2,4-8)5(13)9-6-10-11-12-14-6/h3H2,1-2H3,(H,9,10,12,13). The number of nitriles is 1.